The normalized spacial score (nSPS) is 16.4. The van der Waals surface area contributed by atoms with Crippen LogP contribution < -0.4 is 15.4 Å². The summed E-state index contributed by atoms with van der Waals surface area (Å²) >= 11 is 5.89. The van der Waals surface area contributed by atoms with Gasteiger partial charge in [0, 0.05) is 10.7 Å². The SMILES string of the molecule is COC(=O)C1=C(C)NC(=O)NC1c1cccc(OCc2ccc(Cl)cc2)c1. The van der Waals surface area contributed by atoms with Gasteiger partial charge >= 0.3 is 12.0 Å². The lowest BCUT2D eigenvalue weighted by Crippen LogP contribution is -2.45. The maximum absolute atomic E-state index is 12.2. The Kier molecular flexibility index (Phi) is 5.66. The van der Waals surface area contributed by atoms with Gasteiger partial charge in [0.05, 0.1) is 18.7 Å². The van der Waals surface area contributed by atoms with Gasteiger partial charge in [0.15, 0.2) is 0 Å². The molecule has 0 saturated carbocycles. The molecule has 1 heterocycles. The van der Waals surface area contributed by atoms with Gasteiger partial charge in [-0.3, -0.25) is 0 Å². The highest BCUT2D eigenvalue weighted by Crippen LogP contribution is 2.29. The Bertz CT molecular complexity index is 893. The average molecular weight is 387 g/mol. The van der Waals surface area contributed by atoms with E-state index >= 15 is 0 Å². The van der Waals surface area contributed by atoms with Gasteiger partial charge in [0.1, 0.15) is 12.4 Å². The molecule has 2 aromatic carbocycles. The maximum atomic E-state index is 12.2. The van der Waals surface area contributed by atoms with Crippen molar-refractivity contribution in [3.63, 3.8) is 0 Å². The quantitative estimate of drug-likeness (QED) is 0.768. The molecule has 3 rings (SSSR count). The molecule has 0 spiro atoms. The van der Waals surface area contributed by atoms with Crippen molar-refractivity contribution in [3.05, 3.63) is 76.0 Å². The lowest BCUT2D eigenvalue weighted by atomic mass is 9.95. The van der Waals surface area contributed by atoms with Gasteiger partial charge in [-0.1, -0.05) is 35.9 Å². The fourth-order valence-corrected chi connectivity index (χ4v) is 2.98. The zero-order valence-electron chi connectivity index (χ0n) is 14.9. The number of allylic oxidation sites excluding steroid dienone is 1. The van der Waals surface area contributed by atoms with Crippen molar-refractivity contribution in [2.24, 2.45) is 0 Å². The van der Waals surface area contributed by atoms with E-state index in [-0.39, 0.29) is 6.03 Å². The summed E-state index contributed by atoms with van der Waals surface area (Å²) in [5.41, 5.74) is 2.51. The highest BCUT2D eigenvalue weighted by molar-refractivity contribution is 6.30. The first-order valence-corrected chi connectivity index (χ1v) is 8.69. The number of methoxy groups -OCH3 is 1. The molecule has 2 N–H and O–H groups in total. The number of hydrogen-bond acceptors (Lipinski definition) is 4. The molecule has 0 radical (unpaired) electrons. The van der Waals surface area contributed by atoms with Crippen molar-refractivity contribution in [2.45, 2.75) is 19.6 Å². The molecule has 7 heteroatoms. The van der Waals surface area contributed by atoms with Crippen LogP contribution in [0.25, 0.3) is 0 Å². The van der Waals surface area contributed by atoms with Crippen LogP contribution in [0.2, 0.25) is 5.02 Å². The molecule has 1 aliphatic heterocycles. The van der Waals surface area contributed by atoms with Crippen LogP contribution >= 0.6 is 11.6 Å². The fraction of sp³-hybridized carbons (Fsp3) is 0.200. The number of nitrogens with one attached hydrogen (secondary N) is 2. The zero-order valence-corrected chi connectivity index (χ0v) is 15.7. The summed E-state index contributed by atoms with van der Waals surface area (Å²) in [6, 6.07) is 13.6. The predicted octanol–water partition coefficient (Wildman–Crippen LogP) is 3.72. The van der Waals surface area contributed by atoms with Crippen molar-refractivity contribution in [1.82, 2.24) is 10.6 Å². The molecule has 1 atom stereocenters. The molecule has 2 amide bonds. The Hall–Kier alpha value is -2.99. The van der Waals surface area contributed by atoms with Crippen LogP contribution in [-0.4, -0.2) is 19.1 Å². The lowest BCUT2D eigenvalue weighted by molar-refractivity contribution is -0.136. The second-order valence-corrected chi connectivity index (χ2v) is 6.49. The van der Waals surface area contributed by atoms with E-state index < -0.39 is 12.0 Å². The third kappa shape index (κ3) is 4.41. The number of carbonyl (C=O) groups is 2. The van der Waals surface area contributed by atoms with E-state index in [0.717, 1.165) is 11.1 Å². The van der Waals surface area contributed by atoms with Gasteiger partial charge in [-0.15, -0.1) is 0 Å². The van der Waals surface area contributed by atoms with E-state index in [1.54, 1.807) is 25.1 Å². The average Bonchev–Trinajstić information content (AvgIpc) is 2.66. The van der Waals surface area contributed by atoms with Gasteiger partial charge in [0.2, 0.25) is 0 Å². The number of urea groups is 1. The van der Waals surface area contributed by atoms with E-state index in [0.29, 0.717) is 28.6 Å². The molecular weight excluding hydrogens is 368 g/mol. The van der Waals surface area contributed by atoms with Crippen LogP contribution in [0, 0.1) is 0 Å². The highest BCUT2D eigenvalue weighted by Gasteiger charge is 2.31. The van der Waals surface area contributed by atoms with Gasteiger partial charge in [-0.05, 0) is 42.3 Å². The minimum atomic E-state index is -0.620. The molecule has 0 aromatic heterocycles. The molecule has 0 saturated heterocycles. The van der Waals surface area contributed by atoms with Crippen molar-refractivity contribution >= 4 is 23.6 Å². The second-order valence-electron chi connectivity index (χ2n) is 6.05. The van der Waals surface area contributed by atoms with E-state index in [1.165, 1.54) is 7.11 Å². The fourth-order valence-electron chi connectivity index (χ4n) is 2.86. The summed E-state index contributed by atoms with van der Waals surface area (Å²) in [6.45, 7) is 2.04. The largest absolute Gasteiger partial charge is 0.489 e. The topological polar surface area (TPSA) is 76.7 Å². The molecule has 140 valence electrons. The first-order valence-electron chi connectivity index (χ1n) is 8.31. The third-order valence-corrected chi connectivity index (χ3v) is 4.44. The number of rotatable bonds is 5. The Morgan fingerprint density at radius 3 is 2.63 bits per heavy atom. The number of amides is 2. The number of hydrogen-bond donors (Lipinski definition) is 2. The summed E-state index contributed by atoms with van der Waals surface area (Å²) in [5, 5.41) is 6.02. The van der Waals surface area contributed by atoms with Gasteiger partial charge in [0.25, 0.3) is 0 Å². The summed E-state index contributed by atoms with van der Waals surface area (Å²) < 4.78 is 10.7. The minimum Gasteiger partial charge on any atom is -0.489 e. The molecule has 0 aliphatic carbocycles. The number of esters is 1. The summed E-state index contributed by atoms with van der Waals surface area (Å²) in [5.74, 6) is 0.120. The molecule has 0 bridgehead atoms. The Balaban J connectivity index is 1.83. The van der Waals surface area contributed by atoms with E-state index in [1.807, 2.05) is 30.3 Å². The van der Waals surface area contributed by atoms with Crippen LogP contribution in [0.4, 0.5) is 4.79 Å². The standard InChI is InChI=1S/C20H19ClN2O4/c1-12-17(19(24)26-2)18(23-20(25)22-12)14-4-3-5-16(10-14)27-11-13-6-8-15(21)9-7-13/h3-10,18H,11H2,1-2H3,(H2,22,23,25). The molecule has 27 heavy (non-hydrogen) atoms. The first-order chi connectivity index (χ1) is 13.0. The number of ether oxygens (including phenoxy) is 2. The monoisotopic (exact) mass is 386 g/mol. The predicted molar refractivity (Wildman–Crippen MR) is 101 cm³/mol. The minimum absolute atomic E-state index is 0.354. The van der Waals surface area contributed by atoms with Crippen LogP contribution in [0.15, 0.2) is 59.8 Å². The molecule has 0 fully saturated rings. The Morgan fingerprint density at radius 2 is 1.93 bits per heavy atom. The van der Waals surface area contributed by atoms with Gasteiger partial charge in [-0.2, -0.15) is 0 Å². The van der Waals surface area contributed by atoms with Crippen molar-refractivity contribution in [3.8, 4) is 5.75 Å². The number of carbonyl (C=O) groups excluding carboxylic acids is 2. The summed E-state index contributed by atoms with van der Waals surface area (Å²) in [4.78, 5) is 24.1. The van der Waals surface area contributed by atoms with Crippen LogP contribution in [0.3, 0.4) is 0 Å². The second kappa shape index (κ2) is 8.14. The highest BCUT2D eigenvalue weighted by atomic mass is 35.5. The zero-order chi connectivity index (χ0) is 19.4. The molecule has 1 aliphatic rings. The molecular formula is C20H19ClN2O4. The third-order valence-electron chi connectivity index (χ3n) is 4.18. The Labute approximate surface area is 162 Å². The van der Waals surface area contributed by atoms with Crippen LogP contribution in [0.5, 0.6) is 5.75 Å². The Morgan fingerprint density at radius 1 is 1.19 bits per heavy atom. The summed E-state index contributed by atoms with van der Waals surface area (Å²) in [6.07, 6.45) is 0. The van der Waals surface area contributed by atoms with Crippen LogP contribution in [0.1, 0.15) is 24.1 Å². The van der Waals surface area contributed by atoms with E-state index in [9.17, 15) is 9.59 Å². The van der Waals surface area contributed by atoms with E-state index in [2.05, 4.69) is 10.6 Å². The smallest absolute Gasteiger partial charge is 0.337 e. The summed E-state index contributed by atoms with van der Waals surface area (Å²) in [7, 11) is 1.31. The molecule has 1 unspecified atom stereocenters. The molecule has 6 nitrogen and oxygen atoms in total. The number of halogens is 1. The van der Waals surface area contributed by atoms with Gasteiger partial charge in [-0.25, -0.2) is 9.59 Å². The number of benzene rings is 2. The first kappa shape index (κ1) is 18.8. The van der Waals surface area contributed by atoms with Gasteiger partial charge < -0.3 is 20.1 Å². The van der Waals surface area contributed by atoms with E-state index in [4.69, 9.17) is 21.1 Å². The van der Waals surface area contributed by atoms with Crippen LogP contribution in [-0.2, 0) is 16.1 Å². The van der Waals surface area contributed by atoms with Crippen molar-refractivity contribution in [1.29, 1.82) is 0 Å². The molecule has 2 aromatic rings. The van der Waals surface area contributed by atoms with Crippen molar-refractivity contribution < 1.29 is 19.1 Å². The van der Waals surface area contributed by atoms with Crippen molar-refractivity contribution in [2.75, 3.05) is 7.11 Å². The maximum Gasteiger partial charge on any atom is 0.337 e. The lowest BCUT2D eigenvalue weighted by Gasteiger charge is -2.28.